The Balaban J connectivity index is 1.50. The summed E-state index contributed by atoms with van der Waals surface area (Å²) in [6.45, 7) is 2.76. The van der Waals surface area contributed by atoms with Crippen molar-refractivity contribution < 1.29 is 4.74 Å². The Morgan fingerprint density at radius 1 is 1.00 bits per heavy atom. The Labute approximate surface area is 161 Å². The fourth-order valence-electron chi connectivity index (χ4n) is 3.76. The first-order valence-electron chi connectivity index (χ1n) is 9.84. The standard InChI is InChI=1S/C24H26N2O/c1-2-19-11-6-7-12-21(19)25-22-13-8-14-23-20(22)15-16-24(26-23)27-17-18-9-4-3-5-10-18/h3-7,9-12,15-16,22,25H,2,8,13-14,17H2,1H3. The molecular weight excluding hydrogens is 332 g/mol. The quantitative estimate of drug-likeness (QED) is 0.612. The first-order valence-corrected chi connectivity index (χ1v) is 9.84. The molecular formula is C24H26N2O. The van der Waals surface area contributed by atoms with Crippen LogP contribution in [0.2, 0.25) is 0 Å². The lowest BCUT2D eigenvalue weighted by molar-refractivity contribution is 0.292. The highest BCUT2D eigenvalue weighted by Gasteiger charge is 2.22. The minimum Gasteiger partial charge on any atom is -0.473 e. The maximum atomic E-state index is 5.92. The normalized spacial score (nSPS) is 15.8. The average molecular weight is 358 g/mol. The second-order valence-electron chi connectivity index (χ2n) is 7.06. The molecule has 3 heteroatoms. The molecule has 1 unspecified atom stereocenters. The number of benzene rings is 2. The van der Waals surface area contributed by atoms with E-state index in [4.69, 9.17) is 9.72 Å². The van der Waals surface area contributed by atoms with Gasteiger partial charge in [-0.1, -0.05) is 55.5 Å². The molecule has 1 aliphatic rings. The van der Waals surface area contributed by atoms with E-state index in [2.05, 4.69) is 54.7 Å². The lowest BCUT2D eigenvalue weighted by Gasteiger charge is -2.27. The Morgan fingerprint density at radius 2 is 1.81 bits per heavy atom. The van der Waals surface area contributed by atoms with E-state index >= 15 is 0 Å². The van der Waals surface area contributed by atoms with Crippen LogP contribution in [0.25, 0.3) is 0 Å². The van der Waals surface area contributed by atoms with Gasteiger partial charge in [-0.25, -0.2) is 4.98 Å². The molecule has 0 aliphatic heterocycles. The molecule has 3 nitrogen and oxygen atoms in total. The largest absolute Gasteiger partial charge is 0.473 e. The molecule has 0 amide bonds. The Morgan fingerprint density at radius 3 is 2.67 bits per heavy atom. The third-order valence-corrected chi connectivity index (χ3v) is 5.22. The van der Waals surface area contributed by atoms with Crippen molar-refractivity contribution in [2.75, 3.05) is 5.32 Å². The summed E-state index contributed by atoms with van der Waals surface area (Å²) in [4.78, 5) is 4.80. The lowest BCUT2D eigenvalue weighted by Crippen LogP contribution is -2.19. The maximum absolute atomic E-state index is 5.92. The zero-order valence-corrected chi connectivity index (χ0v) is 15.8. The predicted octanol–water partition coefficient (Wildman–Crippen LogP) is 5.71. The smallest absolute Gasteiger partial charge is 0.213 e. The van der Waals surface area contributed by atoms with Gasteiger partial charge < -0.3 is 10.1 Å². The van der Waals surface area contributed by atoms with Crippen molar-refractivity contribution in [2.45, 2.75) is 45.3 Å². The van der Waals surface area contributed by atoms with Gasteiger partial charge >= 0.3 is 0 Å². The second kappa shape index (κ2) is 8.26. The van der Waals surface area contributed by atoms with Crippen molar-refractivity contribution in [3.63, 3.8) is 0 Å². The van der Waals surface area contributed by atoms with E-state index in [1.165, 1.54) is 22.5 Å². The van der Waals surface area contributed by atoms with Gasteiger partial charge in [0.15, 0.2) is 0 Å². The predicted molar refractivity (Wildman–Crippen MR) is 110 cm³/mol. The Hall–Kier alpha value is -2.81. The number of rotatable bonds is 6. The summed E-state index contributed by atoms with van der Waals surface area (Å²) >= 11 is 0. The van der Waals surface area contributed by atoms with Gasteiger partial charge in [-0.15, -0.1) is 0 Å². The number of para-hydroxylation sites is 1. The van der Waals surface area contributed by atoms with Crippen LogP contribution in [-0.2, 0) is 19.4 Å². The summed E-state index contributed by atoms with van der Waals surface area (Å²) in [5.41, 5.74) is 6.23. The molecule has 1 aliphatic carbocycles. The Kier molecular flexibility index (Phi) is 5.38. The van der Waals surface area contributed by atoms with Crippen molar-refractivity contribution >= 4 is 5.69 Å². The minimum absolute atomic E-state index is 0.317. The van der Waals surface area contributed by atoms with Crippen LogP contribution >= 0.6 is 0 Å². The molecule has 3 aromatic rings. The molecule has 0 bridgehead atoms. The van der Waals surface area contributed by atoms with Gasteiger partial charge in [0, 0.05) is 17.4 Å². The SMILES string of the molecule is CCc1ccccc1NC1CCCc2nc(OCc3ccccc3)ccc21. The van der Waals surface area contributed by atoms with Gasteiger partial charge in [-0.3, -0.25) is 0 Å². The number of nitrogens with zero attached hydrogens (tertiary/aromatic N) is 1. The summed E-state index contributed by atoms with van der Waals surface area (Å²) in [5, 5.41) is 3.75. The van der Waals surface area contributed by atoms with E-state index in [1.807, 2.05) is 24.3 Å². The molecule has 138 valence electrons. The van der Waals surface area contributed by atoms with Gasteiger partial charge in [-0.2, -0.15) is 0 Å². The third kappa shape index (κ3) is 4.13. The van der Waals surface area contributed by atoms with Gasteiger partial charge in [0.2, 0.25) is 5.88 Å². The Bertz CT molecular complexity index is 892. The van der Waals surface area contributed by atoms with Crippen molar-refractivity contribution in [1.29, 1.82) is 0 Å². The molecule has 4 rings (SSSR count). The summed E-state index contributed by atoms with van der Waals surface area (Å²) in [6.07, 6.45) is 4.34. The van der Waals surface area contributed by atoms with Gasteiger partial charge in [0.1, 0.15) is 6.61 Å². The monoisotopic (exact) mass is 358 g/mol. The molecule has 0 spiro atoms. The number of hydrogen-bond acceptors (Lipinski definition) is 3. The van der Waals surface area contributed by atoms with E-state index in [9.17, 15) is 0 Å². The number of ether oxygens (including phenoxy) is 1. The average Bonchev–Trinajstić information content (AvgIpc) is 2.73. The number of anilines is 1. The van der Waals surface area contributed by atoms with E-state index < -0.39 is 0 Å². The summed E-state index contributed by atoms with van der Waals surface area (Å²) < 4.78 is 5.92. The molecule has 1 heterocycles. The minimum atomic E-state index is 0.317. The molecule has 1 atom stereocenters. The molecule has 0 saturated carbocycles. The van der Waals surface area contributed by atoms with Crippen molar-refractivity contribution in [1.82, 2.24) is 4.98 Å². The van der Waals surface area contributed by atoms with E-state index in [1.54, 1.807) is 0 Å². The van der Waals surface area contributed by atoms with Crippen molar-refractivity contribution in [3.05, 3.63) is 89.1 Å². The summed E-state index contributed by atoms with van der Waals surface area (Å²) in [6, 6.07) is 23.3. The number of aryl methyl sites for hydroxylation is 2. The second-order valence-corrected chi connectivity index (χ2v) is 7.06. The van der Waals surface area contributed by atoms with Gasteiger partial charge in [-0.05, 0) is 54.5 Å². The van der Waals surface area contributed by atoms with Crippen LogP contribution in [0.5, 0.6) is 5.88 Å². The van der Waals surface area contributed by atoms with Gasteiger partial charge in [0.05, 0.1) is 6.04 Å². The van der Waals surface area contributed by atoms with E-state index in [0.29, 0.717) is 18.5 Å². The topological polar surface area (TPSA) is 34.2 Å². The van der Waals surface area contributed by atoms with Crippen LogP contribution in [0, 0.1) is 0 Å². The summed E-state index contributed by atoms with van der Waals surface area (Å²) in [5.74, 6) is 0.715. The lowest BCUT2D eigenvalue weighted by atomic mass is 9.91. The van der Waals surface area contributed by atoms with Crippen LogP contribution in [0.4, 0.5) is 5.69 Å². The zero-order chi connectivity index (χ0) is 18.5. The molecule has 1 aromatic heterocycles. The number of hydrogen-bond donors (Lipinski definition) is 1. The number of fused-ring (bicyclic) bond motifs is 1. The fraction of sp³-hybridized carbons (Fsp3) is 0.292. The maximum Gasteiger partial charge on any atom is 0.213 e. The molecule has 2 aromatic carbocycles. The summed E-state index contributed by atoms with van der Waals surface area (Å²) in [7, 11) is 0. The highest BCUT2D eigenvalue weighted by atomic mass is 16.5. The molecule has 27 heavy (non-hydrogen) atoms. The molecule has 0 saturated heterocycles. The van der Waals surface area contributed by atoms with Crippen LogP contribution in [0.15, 0.2) is 66.7 Å². The highest BCUT2D eigenvalue weighted by Crippen LogP contribution is 2.33. The fourth-order valence-corrected chi connectivity index (χ4v) is 3.76. The number of pyridine rings is 1. The number of aromatic nitrogens is 1. The van der Waals surface area contributed by atoms with Gasteiger partial charge in [0.25, 0.3) is 0 Å². The molecule has 0 fully saturated rings. The van der Waals surface area contributed by atoms with Crippen LogP contribution < -0.4 is 10.1 Å². The molecule has 1 N–H and O–H groups in total. The van der Waals surface area contributed by atoms with Crippen molar-refractivity contribution in [2.24, 2.45) is 0 Å². The van der Waals surface area contributed by atoms with E-state index in [0.717, 1.165) is 31.2 Å². The van der Waals surface area contributed by atoms with Crippen LogP contribution in [0.3, 0.4) is 0 Å². The first kappa shape index (κ1) is 17.6. The van der Waals surface area contributed by atoms with Crippen LogP contribution in [0.1, 0.15) is 48.2 Å². The molecule has 0 radical (unpaired) electrons. The zero-order valence-electron chi connectivity index (χ0n) is 15.8. The van der Waals surface area contributed by atoms with E-state index in [-0.39, 0.29) is 0 Å². The van der Waals surface area contributed by atoms with Crippen LogP contribution in [-0.4, -0.2) is 4.98 Å². The first-order chi connectivity index (χ1) is 13.3. The number of nitrogens with one attached hydrogen (secondary N) is 1. The highest BCUT2D eigenvalue weighted by molar-refractivity contribution is 5.53. The third-order valence-electron chi connectivity index (χ3n) is 5.22. The van der Waals surface area contributed by atoms with Crippen molar-refractivity contribution in [3.8, 4) is 5.88 Å².